The molecule has 0 spiro atoms. The van der Waals surface area contributed by atoms with Gasteiger partial charge in [-0.05, 0) is 50.5 Å². The summed E-state index contributed by atoms with van der Waals surface area (Å²) in [7, 11) is 0. The maximum Gasteiger partial charge on any atom is 0.407 e. The number of nitrogens with two attached hydrogens (primary N) is 2. The number of nitrogens with zero attached hydrogens (tertiary/aromatic N) is 1. The van der Waals surface area contributed by atoms with Gasteiger partial charge in [-0.2, -0.15) is 0 Å². The second-order valence-electron chi connectivity index (χ2n) is 6.60. The Labute approximate surface area is 142 Å². The highest BCUT2D eigenvalue weighted by atomic mass is 16.6. The zero-order valence-corrected chi connectivity index (χ0v) is 14.5. The molecule has 128 valence electrons. The molecule has 0 radical (unpaired) electrons. The number of nitrogens with one attached hydrogen (secondary N) is 1. The third-order valence-corrected chi connectivity index (χ3v) is 3.58. The number of amides is 1. The maximum atomic E-state index is 11.8. The molecular weight excluding hydrogens is 304 g/mol. The lowest BCUT2D eigenvalue weighted by atomic mass is 9.96. The highest BCUT2D eigenvalue weighted by Crippen LogP contribution is 2.32. The number of aromatic nitrogens is 1. The number of hydrogen-bond acceptors (Lipinski definition) is 5. The van der Waals surface area contributed by atoms with E-state index in [1.165, 1.54) is 0 Å². The topological polar surface area (TPSA) is 103 Å². The summed E-state index contributed by atoms with van der Waals surface area (Å²) in [5, 5.41) is 2.77. The molecule has 5 N–H and O–H groups in total. The van der Waals surface area contributed by atoms with Gasteiger partial charge >= 0.3 is 6.09 Å². The van der Waals surface area contributed by atoms with Gasteiger partial charge in [-0.1, -0.05) is 18.2 Å². The molecule has 1 amide bonds. The van der Waals surface area contributed by atoms with Crippen LogP contribution in [0.5, 0.6) is 0 Å². The third-order valence-electron chi connectivity index (χ3n) is 3.58. The van der Waals surface area contributed by atoms with Gasteiger partial charge in [-0.25, -0.2) is 9.78 Å². The lowest BCUT2D eigenvalue weighted by Crippen LogP contribution is -2.32. The number of benzene rings is 1. The molecule has 0 unspecified atom stereocenters. The molecule has 6 nitrogen and oxygen atoms in total. The van der Waals surface area contributed by atoms with E-state index >= 15 is 0 Å². The molecule has 0 saturated carbocycles. The van der Waals surface area contributed by atoms with Crippen molar-refractivity contribution in [3.63, 3.8) is 0 Å². The van der Waals surface area contributed by atoms with Crippen LogP contribution in [-0.2, 0) is 11.3 Å². The van der Waals surface area contributed by atoms with Crippen LogP contribution in [0.1, 0.15) is 31.9 Å². The van der Waals surface area contributed by atoms with Gasteiger partial charge in [-0.3, -0.25) is 0 Å². The van der Waals surface area contributed by atoms with Crippen LogP contribution in [0.25, 0.3) is 11.1 Å². The number of carbonyl (C=O) groups is 1. The van der Waals surface area contributed by atoms with Gasteiger partial charge in [0.1, 0.15) is 11.4 Å². The predicted molar refractivity (Wildman–Crippen MR) is 96.3 cm³/mol. The van der Waals surface area contributed by atoms with Crippen molar-refractivity contribution in [2.24, 2.45) is 0 Å². The van der Waals surface area contributed by atoms with Gasteiger partial charge in [0.2, 0.25) is 0 Å². The van der Waals surface area contributed by atoms with Gasteiger partial charge in [0.15, 0.2) is 0 Å². The summed E-state index contributed by atoms with van der Waals surface area (Å²) in [6.45, 7) is 7.84. The van der Waals surface area contributed by atoms with E-state index in [4.69, 9.17) is 16.2 Å². The Morgan fingerprint density at radius 2 is 1.92 bits per heavy atom. The van der Waals surface area contributed by atoms with Crippen molar-refractivity contribution in [2.45, 2.75) is 39.8 Å². The van der Waals surface area contributed by atoms with E-state index in [9.17, 15) is 4.79 Å². The minimum Gasteiger partial charge on any atom is -0.444 e. The molecule has 24 heavy (non-hydrogen) atoms. The van der Waals surface area contributed by atoms with Crippen molar-refractivity contribution in [3.8, 4) is 11.1 Å². The zero-order chi connectivity index (χ0) is 17.9. The van der Waals surface area contributed by atoms with Crippen LogP contribution in [0, 0.1) is 6.92 Å². The zero-order valence-electron chi connectivity index (χ0n) is 14.5. The minimum absolute atomic E-state index is 0.309. The molecule has 0 atom stereocenters. The number of ether oxygens (including phenoxy) is 1. The summed E-state index contributed by atoms with van der Waals surface area (Å²) in [4.78, 5) is 15.8. The number of hydrogen-bond donors (Lipinski definition) is 3. The second-order valence-corrected chi connectivity index (χ2v) is 6.60. The van der Waals surface area contributed by atoms with E-state index in [1.54, 1.807) is 6.20 Å². The lowest BCUT2D eigenvalue weighted by molar-refractivity contribution is 0.0523. The fourth-order valence-electron chi connectivity index (χ4n) is 2.37. The number of pyridine rings is 1. The van der Waals surface area contributed by atoms with E-state index in [2.05, 4.69) is 10.3 Å². The van der Waals surface area contributed by atoms with Crippen LogP contribution in [0.3, 0.4) is 0 Å². The molecule has 6 heteroatoms. The molecule has 0 aliphatic heterocycles. The van der Waals surface area contributed by atoms with Crippen molar-refractivity contribution in [2.75, 3.05) is 11.5 Å². The molecule has 0 fully saturated rings. The van der Waals surface area contributed by atoms with Gasteiger partial charge in [-0.15, -0.1) is 0 Å². The van der Waals surface area contributed by atoms with Crippen LogP contribution in [-0.4, -0.2) is 16.7 Å². The smallest absolute Gasteiger partial charge is 0.407 e. The van der Waals surface area contributed by atoms with Gasteiger partial charge in [0.05, 0.1) is 5.69 Å². The molecule has 0 saturated heterocycles. The molecule has 0 bridgehead atoms. The Morgan fingerprint density at radius 1 is 1.21 bits per heavy atom. The second kappa shape index (κ2) is 6.78. The molecular formula is C18H24N4O2. The maximum absolute atomic E-state index is 11.8. The van der Waals surface area contributed by atoms with Crippen LogP contribution in [0.2, 0.25) is 0 Å². The van der Waals surface area contributed by atoms with E-state index < -0.39 is 11.7 Å². The van der Waals surface area contributed by atoms with Crippen molar-refractivity contribution >= 4 is 17.6 Å². The van der Waals surface area contributed by atoms with Crippen molar-refractivity contribution in [1.82, 2.24) is 10.3 Å². The van der Waals surface area contributed by atoms with E-state index in [0.29, 0.717) is 18.1 Å². The molecule has 1 heterocycles. The Morgan fingerprint density at radius 3 is 2.58 bits per heavy atom. The summed E-state index contributed by atoms with van der Waals surface area (Å²) in [6.07, 6.45) is 1.19. The standard InChI is InChI=1S/C18H24N4O2/c1-11-12(10-22-17(23)24-18(2,3)4)6-5-7-13(11)14-8-9-21-16(20)15(14)19/h5-9H,10,19H2,1-4H3,(H2,20,21)(H,22,23). The Hall–Kier alpha value is -2.76. The molecule has 1 aromatic heterocycles. The first-order chi connectivity index (χ1) is 11.2. The van der Waals surface area contributed by atoms with Crippen molar-refractivity contribution in [1.29, 1.82) is 0 Å². The largest absolute Gasteiger partial charge is 0.444 e. The van der Waals surface area contributed by atoms with Crippen LogP contribution < -0.4 is 16.8 Å². The normalized spacial score (nSPS) is 11.2. The van der Waals surface area contributed by atoms with Crippen molar-refractivity contribution in [3.05, 3.63) is 41.6 Å². The average molecular weight is 328 g/mol. The highest BCUT2D eigenvalue weighted by Gasteiger charge is 2.16. The number of carbonyl (C=O) groups excluding carboxylic acids is 1. The van der Waals surface area contributed by atoms with Gasteiger partial charge < -0.3 is 21.5 Å². The molecule has 0 aliphatic carbocycles. The first-order valence-electron chi connectivity index (χ1n) is 7.74. The van der Waals surface area contributed by atoms with E-state index in [-0.39, 0.29) is 0 Å². The first-order valence-corrected chi connectivity index (χ1v) is 7.74. The summed E-state index contributed by atoms with van der Waals surface area (Å²) < 4.78 is 5.25. The first kappa shape index (κ1) is 17.6. The van der Waals surface area contributed by atoms with E-state index in [1.807, 2.05) is 52.0 Å². The summed E-state index contributed by atoms with van der Waals surface area (Å²) in [6, 6.07) is 7.68. The monoisotopic (exact) mass is 328 g/mol. The summed E-state index contributed by atoms with van der Waals surface area (Å²) in [5.74, 6) is 0.309. The average Bonchev–Trinajstić information content (AvgIpc) is 2.48. The van der Waals surface area contributed by atoms with Crippen LogP contribution >= 0.6 is 0 Å². The Kier molecular flexibility index (Phi) is 4.97. The van der Waals surface area contributed by atoms with Crippen molar-refractivity contribution < 1.29 is 9.53 Å². The third kappa shape index (κ3) is 4.16. The SMILES string of the molecule is Cc1c(CNC(=O)OC(C)(C)C)cccc1-c1ccnc(N)c1N. The molecule has 1 aromatic carbocycles. The molecule has 0 aliphatic rings. The minimum atomic E-state index is -0.524. The fourth-order valence-corrected chi connectivity index (χ4v) is 2.37. The Bertz CT molecular complexity index is 751. The molecule has 2 rings (SSSR count). The Balaban J connectivity index is 2.23. The van der Waals surface area contributed by atoms with Crippen LogP contribution in [0.15, 0.2) is 30.5 Å². The van der Waals surface area contributed by atoms with Gasteiger partial charge in [0.25, 0.3) is 0 Å². The quantitative estimate of drug-likeness (QED) is 0.802. The van der Waals surface area contributed by atoms with Gasteiger partial charge in [0, 0.05) is 18.3 Å². The summed E-state index contributed by atoms with van der Waals surface area (Å²) >= 11 is 0. The predicted octanol–water partition coefficient (Wildman–Crippen LogP) is 3.25. The number of alkyl carbamates (subject to hydrolysis) is 1. The summed E-state index contributed by atoms with van der Waals surface area (Å²) in [5.41, 5.74) is 15.6. The lowest BCUT2D eigenvalue weighted by Gasteiger charge is -2.20. The van der Waals surface area contributed by atoms with E-state index in [0.717, 1.165) is 22.3 Å². The van der Waals surface area contributed by atoms with Crippen LogP contribution in [0.4, 0.5) is 16.3 Å². The number of rotatable bonds is 3. The fraction of sp³-hybridized carbons (Fsp3) is 0.333. The molecule has 2 aromatic rings. The number of anilines is 2. The highest BCUT2D eigenvalue weighted by molar-refractivity contribution is 5.84. The number of nitrogen functional groups attached to an aromatic ring is 2.